The molecule has 0 saturated heterocycles. The Morgan fingerprint density at radius 3 is 2.90 bits per heavy atom. The lowest BCUT2D eigenvalue weighted by Gasteiger charge is -2.11. The third-order valence-electron chi connectivity index (χ3n) is 3.69. The van der Waals surface area contributed by atoms with E-state index < -0.39 is 0 Å². The van der Waals surface area contributed by atoms with Crippen molar-refractivity contribution in [2.75, 3.05) is 5.73 Å². The van der Waals surface area contributed by atoms with Crippen molar-refractivity contribution in [2.45, 2.75) is 18.2 Å². The molecule has 0 bridgehead atoms. The van der Waals surface area contributed by atoms with Crippen molar-refractivity contribution >= 4 is 51.2 Å². The molecule has 5 heteroatoms. The van der Waals surface area contributed by atoms with Crippen LogP contribution >= 0.6 is 31.3 Å². The summed E-state index contributed by atoms with van der Waals surface area (Å²) in [5.41, 5.74) is 9.97. The van der Waals surface area contributed by atoms with Gasteiger partial charge in [-0.3, -0.25) is 5.41 Å². The standard InChI is InChI=1S/C16H13N2PS2/c1-8-4-2-3-5-9(8)14-15-10(6-12(17)20-15)19-11-7-13(18)21-16(11)14/h2-6,18H,7,17H2,1H3/p+1. The molecule has 2 nitrogen and oxygen atoms in total. The summed E-state index contributed by atoms with van der Waals surface area (Å²) in [6.45, 7) is 2.16. The molecule has 1 aliphatic heterocycles. The Hall–Kier alpha value is -1.35. The highest BCUT2D eigenvalue weighted by molar-refractivity contribution is 8.14. The van der Waals surface area contributed by atoms with Crippen LogP contribution in [0.15, 0.2) is 35.2 Å². The van der Waals surface area contributed by atoms with Crippen molar-refractivity contribution in [3.05, 3.63) is 41.2 Å². The smallest absolute Gasteiger partial charge is 0.217 e. The van der Waals surface area contributed by atoms with Crippen LogP contribution in [-0.4, -0.2) is 5.04 Å². The van der Waals surface area contributed by atoms with E-state index in [-0.39, 0.29) is 0 Å². The zero-order chi connectivity index (χ0) is 14.6. The van der Waals surface area contributed by atoms with E-state index in [0.29, 0.717) is 0 Å². The molecule has 0 radical (unpaired) electrons. The van der Waals surface area contributed by atoms with Crippen LogP contribution in [0, 0.1) is 6.92 Å². The Bertz CT molecular complexity index is 899. The number of hydrogen-bond acceptors (Lipinski definition) is 3. The summed E-state index contributed by atoms with van der Waals surface area (Å²) in [5, 5.41) is 10.7. The van der Waals surface area contributed by atoms with Crippen molar-refractivity contribution in [2.24, 2.45) is 0 Å². The Balaban J connectivity index is 2.13. The quantitative estimate of drug-likeness (QED) is 0.712. The minimum atomic E-state index is 0.890. The first-order valence-electron chi connectivity index (χ1n) is 6.70. The summed E-state index contributed by atoms with van der Waals surface area (Å²) in [6.07, 6.45) is 0.895. The Labute approximate surface area is 133 Å². The van der Waals surface area contributed by atoms with Crippen LogP contribution in [-0.2, 0) is 6.42 Å². The summed E-state index contributed by atoms with van der Waals surface area (Å²) in [6, 6.07) is 10.7. The third kappa shape index (κ3) is 2.10. The molecular formula is C16H14N2PS2+. The third-order valence-corrected chi connectivity index (χ3v) is 7.28. The van der Waals surface area contributed by atoms with Gasteiger partial charge in [-0.2, -0.15) is 0 Å². The first-order valence-corrected chi connectivity index (χ1v) is 9.23. The molecule has 2 aromatic heterocycles. The predicted molar refractivity (Wildman–Crippen MR) is 95.4 cm³/mol. The van der Waals surface area contributed by atoms with E-state index in [4.69, 9.17) is 11.1 Å². The summed E-state index contributed by atoms with van der Waals surface area (Å²) in [4.78, 5) is 1.35. The summed E-state index contributed by atoms with van der Waals surface area (Å²) < 4.78 is 1.31. The normalized spacial score (nSPS) is 14.2. The van der Waals surface area contributed by atoms with Gasteiger partial charge in [-0.25, -0.2) is 0 Å². The highest BCUT2D eigenvalue weighted by atomic mass is 32.2. The van der Waals surface area contributed by atoms with Gasteiger partial charge in [0.15, 0.2) is 0 Å². The van der Waals surface area contributed by atoms with Gasteiger partial charge in [0, 0.05) is 20.9 Å². The zero-order valence-electron chi connectivity index (χ0n) is 11.5. The monoisotopic (exact) mass is 329 g/mol. The molecule has 3 aromatic rings. The first kappa shape index (κ1) is 13.3. The second kappa shape index (κ2) is 4.84. The minimum absolute atomic E-state index is 0.890. The Morgan fingerprint density at radius 2 is 2.10 bits per heavy atom. The van der Waals surface area contributed by atoms with E-state index in [2.05, 4.69) is 37.3 Å². The van der Waals surface area contributed by atoms with Crippen LogP contribution in [0.4, 0.5) is 5.00 Å². The van der Waals surface area contributed by atoms with Crippen LogP contribution < -0.4 is 11.1 Å². The van der Waals surface area contributed by atoms with E-state index in [0.717, 1.165) is 16.5 Å². The van der Waals surface area contributed by atoms with Gasteiger partial charge >= 0.3 is 0 Å². The van der Waals surface area contributed by atoms with E-state index in [1.165, 1.54) is 44.9 Å². The summed E-state index contributed by atoms with van der Waals surface area (Å²) >= 11 is 3.42. The highest BCUT2D eigenvalue weighted by Crippen LogP contribution is 2.51. The van der Waals surface area contributed by atoms with E-state index in [1.807, 2.05) is 0 Å². The lowest BCUT2D eigenvalue weighted by Crippen LogP contribution is -2.36. The van der Waals surface area contributed by atoms with Crippen LogP contribution in [0.25, 0.3) is 20.9 Å². The number of aryl methyl sites for hydroxylation is 1. The molecule has 21 heavy (non-hydrogen) atoms. The number of rotatable bonds is 1. The number of nitrogen functional groups attached to an aromatic ring is 1. The highest BCUT2D eigenvalue weighted by Gasteiger charge is 2.28. The molecule has 4 rings (SSSR count). The average molecular weight is 329 g/mol. The summed E-state index contributed by atoms with van der Waals surface area (Å²) in [5.74, 6) is 0. The van der Waals surface area contributed by atoms with Crippen molar-refractivity contribution in [1.82, 2.24) is 0 Å². The molecule has 4 N–H and O–H groups in total. The maximum Gasteiger partial charge on any atom is 0.217 e. The molecular weight excluding hydrogens is 315 g/mol. The minimum Gasteiger partial charge on any atom is -0.391 e. The largest absolute Gasteiger partial charge is 0.391 e. The lowest BCUT2D eigenvalue weighted by molar-refractivity contribution is -0.110. The van der Waals surface area contributed by atoms with E-state index in [9.17, 15) is 0 Å². The number of benzene rings is 1. The second-order valence-corrected chi connectivity index (χ2v) is 8.65. The number of nitrogens with two attached hydrogens (primary N) is 2. The fraction of sp³-hybridized carbons (Fsp3) is 0.125. The molecule has 0 fully saturated rings. The van der Waals surface area contributed by atoms with Gasteiger partial charge in [0.05, 0.1) is 16.1 Å². The van der Waals surface area contributed by atoms with E-state index in [1.54, 1.807) is 23.1 Å². The SMILES string of the molecule is Cc1ccccc1-c1c2c(pc3cc(N)sc13)CC(=[NH2+])S2. The van der Waals surface area contributed by atoms with Crippen molar-refractivity contribution < 1.29 is 5.41 Å². The van der Waals surface area contributed by atoms with Crippen LogP contribution in [0.1, 0.15) is 10.9 Å². The fourth-order valence-corrected chi connectivity index (χ4v) is 6.62. The van der Waals surface area contributed by atoms with Crippen molar-refractivity contribution in [3.8, 4) is 11.1 Å². The molecule has 0 saturated carbocycles. The van der Waals surface area contributed by atoms with Crippen LogP contribution in [0.3, 0.4) is 0 Å². The van der Waals surface area contributed by atoms with Gasteiger partial charge in [-0.15, -0.1) is 11.3 Å². The van der Waals surface area contributed by atoms with Crippen LogP contribution in [0.2, 0.25) is 0 Å². The number of hydrogen-bond donors (Lipinski definition) is 2. The molecule has 0 unspecified atom stereocenters. The van der Waals surface area contributed by atoms with Gasteiger partial charge in [0.1, 0.15) is 0 Å². The van der Waals surface area contributed by atoms with Gasteiger partial charge in [0.25, 0.3) is 0 Å². The van der Waals surface area contributed by atoms with Gasteiger partial charge in [0.2, 0.25) is 5.04 Å². The molecule has 1 aliphatic rings. The van der Waals surface area contributed by atoms with Crippen LogP contribution in [0.5, 0.6) is 0 Å². The Kier molecular flexibility index (Phi) is 3.07. The van der Waals surface area contributed by atoms with Gasteiger partial charge in [-0.1, -0.05) is 32.5 Å². The average Bonchev–Trinajstić information content (AvgIpc) is 2.97. The number of thioether (sulfide) groups is 1. The summed E-state index contributed by atoms with van der Waals surface area (Å²) in [7, 11) is 1.27. The molecule has 0 spiro atoms. The maximum absolute atomic E-state index is 6.11. The van der Waals surface area contributed by atoms with Crippen molar-refractivity contribution in [3.63, 3.8) is 0 Å². The predicted octanol–water partition coefficient (Wildman–Crippen LogP) is 3.84. The number of fused-ring (bicyclic) bond motifs is 2. The fourth-order valence-electron chi connectivity index (χ4n) is 2.77. The zero-order valence-corrected chi connectivity index (χ0v) is 14.0. The van der Waals surface area contributed by atoms with Gasteiger partial charge in [-0.05, 0) is 35.9 Å². The van der Waals surface area contributed by atoms with Gasteiger partial charge < -0.3 is 5.73 Å². The molecule has 104 valence electrons. The molecule has 0 amide bonds. The second-order valence-electron chi connectivity index (χ2n) is 5.19. The van der Waals surface area contributed by atoms with E-state index >= 15 is 0 Å². The van der Waals surface area contributed by atoms with Crippen molar-refractivity contribution in [1.29, 1.82) is 0 Å². The molecule has 0 atom stereocenters. The number of thiophene rings is 1. The number of anilines is 1. The molecule has 1 aromatic carbocycles. The molecule has 0 aliphatic carbocycles. The topological polar surface area (TPSA) is 51.6 Å². The maximum atomic E-state index is 6.11. The first-order chi connectivity index (χ1) is 10.1. The lowest BCUT2D eigenvalue weighted by atomic mass is 10.0. The molecule has 3 heterocycles. The Morgan fingerprint density at radius 1 is 1.29 bits per heavy atom.